The van der Waals surface area contributed by atoms with E-state index >= 15 is 0 Å². The Morgan fingerprint density at radius 2 is 1.54 bits per heavy atom. The Labute approximate surface area is 227 Å². The van der Waals surface area contributed by atoms with Gasteiger partial charge in [0.1, 0.15) is 18.1 Å². The number of benzene rings is 1. The second kappa shape index (κ2) is 14.3. The zero-order valence-electron chi connectivity index (χ0n) is 22.7. The van der Waals surface area contributed by atoms with Crippen LogP contribution in [-0.4, -0.2) is 69.0 Å². The van der Waals surface area contributed by atoms with Crippen molar-refractivity contribution in [3.05, 3.63) is 36.0 Å². The minimum Gasteiger partial charge on any atom is -0.481 e. The van der Waals surface area contributed by atoms with Gasteiger partial charge < -0.3 is 36.9 Å². The molecule has 39 heavy (non-hydrogen) atoms. The SMILES string of the molecule is CC(C)CC(N)C(=O)NC(C(=O)NC(Cc1c[nH]c2ccccc12)C(=O)NC(CCC(=O)O)C(=O)O)C(C)C. The molecule has 8 N–H and O–H groups in total. The summed E-state index contributed by atoms with van der Waals surface area (Å²) < 4.78 is 0. The summed E-state index contributed by atoms with van der Waals surface area (Å²) in [5.41, 5.74) is 7.50. The molecule has 0 aliphatic carbocycles. The predicted octanol–water partition coefficient (Wildman–Crippen LogP) is 1.14. The lowest BCUT2D eigenvalue weighted by Gasteiger charge is -2.27. The van der Waals surface area contributed by atoms with Gasteiger partial charge in [0.25, 0.3) is 0 Å². The van der Waals surface area contributed by atoms with Crippen LogP contribution in [0.5, 0.6) is 0 Å². The van der Waals surface area contributed by atoms with Crippen LogP contribution in [0.15, 0.2) is 30.5 Å². The molecule has 0 bridgehead atoms. The van der Waals surface area contributed by atoms with E-state index in [0.717, 1.165) is 10.9 Å². The number of nitrogens with one attached hydrogen (secondary N) is 4. The molecule has 0 saturated carbocycles. The molecule has 3 amide bonds. The number of aliphatic carboxylic acids is 2. The molecule has 0 saturated heterocycles. The fourth-order valence-electron chi connectivity index (χ4n) is 4.20. The number of amides is 3. The first kappa shape index (κ1) is 31.3. The maximum absolute atomic E-state index is 13.4. The van der Waals surface area contributed by atoms with Gasteiger partial charge in [0.15, 0.2) is 0 Å². The maximum atomic E-state index is 13.4. The molecule has 1 aromatic carbocycles. The van der Waals surface area contributed by atoms with Crippen LogP contribution in [0.25, 0.3) is 10.9 Å². The standard InChI is InChI=1S/C27H39N5O7/c1-14(2)11-18(28)24(35)32-23(15(3)4)26(37)31-21(12-16-13-29-19-8-6-5-7-17(16)19)25(36)30-20(27(38)39)9-10-22(33)34/h5-8,13-15,18,20-21,23,29H,9-12,28H2,1-4H3,(H,30,36)(H,31,37)(H,32,35)(H,33,34)(H,38,39). The maximum Gasteiger partial charge on any atom is 0.326 e. The van der Waals surface area contributed by atoms with Gasteiger partial charge >= 0.3 is 11.9 Å². The van der Waals surface area contributed by atoms with E-state index in [1.807, 2.05) is 38.1 Å². The van der Waals surface area contributed by atoms with E-state index in [-0.39, 0.29) is 24.7 Å². The molecule has 0 aliphatic rings. The Balaban J connectivity index is 2.30. The number of carbonyl (C=O) groups excluding carboxylic acids is 3. The van der Waals surface area contributed by atoms with Crippen molar-refractivity contribution in [3.63, 3.8) is 0 Å². The van der Waals surface area contributed by atoms with Gasteiger partial charge in [-0.25, -0.2) is 4.79 Å². The second-order valence-electron chi connectivity index (χ2n) is 10.4. The third-order valence-corrected chi connectivity index (χ3v) is 6.30. The van der Waals surface area contributed by atoms with Crippen LogP contribution < -0.4 is 21.7 Å². The second-order valence-corrected chi connectivity index (χ2v) is 10.4. The third kappa shape index (κ3) is 9.40. The molecule has 0 spiro atoms. The summed E-state index contributed by atoms with van der Waals surface area (Å²) in [6.07, 6.45) is 1.34. The van der Waals surface area contributed by atoms with Gasteiger partial charge in [-0.05, 0) is 36.3 Å². The topological polar surface area (TPSA) is 204 Å². The summed E-state index contributed by atoms with van der Waals surface area (Å²) in [6, 6.07) is 2.86. The summed E-state index contributed by atoms with van der Waals surface area (Å²) >= 11 is 0. The van der Waals surface area contributed by atoms with E-state index in [9.17, 15) is 29.1 Å². The van der Waals surface area contributed by atoms with Crippen LogP contribution in [-0.2, 0) is 30.4 Å². The van der Waals surface area contributed by atoms with E-state index in [0.29, 0.717) is 12.0 Å². The molecule has 0 radical (unpaired) electrons. The predicted molar refractivity (Wildman–Crippen MR) is 145 cm³/mol. The van der Waals surface area contributed by atoms with Crippen molar-refractivity contribution in [2.75, 3.05) is 0 Å². The number of fused-ring (bicyclic) bond motifs is 1. The number of carboxylic acid groups (broad SMARTS) is 2. The van der Waals surface area contributed by atoms with Crippen molar-refractivity contribution in [1.29, 1.82) is 0 Å². The molecule has 1 aromatic heterocycles. The monoisotopic (exact) mass is 545 g/mol. The zero-order chi connectivity index (χ0) is 29.3. The number of hydrogen-bond acceptors (Lipinski definition) is 6. The minimum atomic E-state index is -1.47. The van der Waals surface area contributed by atoms with Gasteiger partial charge in [0.2, 0.25) is 17.7 Å². The highest BCUT2D eigenvalue weighted by atomic mass is 16.4. The van der Waals surface area contributed by atoms with Gasteiger partial charge in [-0.3, -0.25) is 19.2 Å². The lowest BCUT2D eigenvalue weighted by Crippen LogP contribution is -2.59. The molecule has 0 fully saturated rings. The van der Waals surface area contributed by atoms with Crippen LogP contribution in [0.2, 0.25) is 0 Å². The molecule has 12 heteroatoms. The van der Waals surface area contributed by atoms with Gasteiger partial charge in [0, 0.05) is 29.9 Å². The highest BCUT2D eigenvalue weighted by molar-refractivity contribution is 5.95. The summed E-state index contributed by atoms with van der Waals surface area (Å²) in [5.74, 6) is -4.69. The van der Waals surface area contributed by atoms with E-state index in [1.54, 1.807) is 20.0 Å². The average molecular weight is 546 g/mol. The van der Waals surface area contributed by atoms with Crippen LogP contribution >= 0.6 is 0 Å². The molecule has 4 unspecified atom stereocenters. The van der Waals surface area contributed by atoms with Crippen molar-refractivity contribution in [1.82, 2.24) is 20.9 Å². The largest absolute Gasteiger partial charge is 0.481 e. The number of carbonyl (C=O) groups is 5. The lowest BCUT2D eigenvalue weighted by atomic mass is 9.99. The van der Waals surface area contributed by atoms with Gasteiger partial charge in [0.05, 0.1) is 6.04 Å². The number of carboxylic acids is 2. The van der Waals surface area contributed by atoms with Crippen LogP contribution in [0.4, 0.5) is 0 Å². The highest BCUT2D eigenvalue weighted by Gasteiger charge is 2.32. The van der Waals surface area contributed by atoms with Gasteiger partial charge in [-0.15, -0.1) is 0 Å². The van der Waals surface area contributed by atoms with Crippen LogP contribution in [0.1, 0.15) is 52.5 Å². The smallest absolute Gasteiger partial charge is 0.326 e. The summed E-state index contributed by atoms with van der Waals surface area (Å²) in [5, 5.41) is 27.0. The number of nitrogens with two attached hydrogens (primary N) is 1. The van der Waals surface area contributed by atoms with Crippen molar-refractivity contribution in [2.45, 2.75) is 77.5 Å². The van der Waals surface area contributed by atoms with Gasteiger partial charge in [-0.2, -0.15) is 0 Å². The van der Waals surface area contributed by atoms with Crippen LogP contribution in [0.3, 0.4) is 0 Å². The number of H-pyrrole nitrogens is 1. The Bertz CT molecular complexity index is 1180. The highest BCUT2D eigenvalue weighted by Crippen LogP contribution is 2.19. The third-order valence-electron chi connectivity index (χ3n) is 6.30. The quantitative estimate of drug-likeness (QED) is 0.172. The summed E-state index contributed by atoms with van der Waals surface area (Å²) in [6.45, 7) is 7.32. The Kier molecular flexibility index (Phi) is 11.5. The first-order chi connectivity index (χ1) is 18.3. The molecular weight excluding hydrogens is 506 g/mol. The molecule has 2 aromatic rings. The van der Waals surface area contributed by atoms with Crippen molar-refractivity contribution >= 4 is 40.6 Å². The van der Waals surface area contributed by atoms with Gasteiger partial charge in [-0.1, -0.05) is 45.9 Å². The van der Waals surface area contributed by atoms with Crippen molar-refractivity contribution in [2.24, 2.45) is 17.6 Å². The Morgan fingerprint density at radius 1 is 0.897 bits per heavy atom. The Morgan fingerprint density at radius 3 is 2.13 bits per heavy atom. The number of aromatic amines is 1. The summed E-state index contributed by atoms with van der Waals surface area (Å²) in [4.78, 5) is 65.0. The molecule has 214 valence electrons. The number of para-hydroxylation sites is 1. The lowest BCUT2D eigenvalue weighted by molar-refractivity contribution is -0.143. The summed E-state index contributed by atoms with van der Waals surface area (Å²) in [7, 11) is 0. The fraction of sp³-hybridized carbons (Fsp3) is 0.519. The first-order valence-electron chi connectivity index (χ1n) is 13.0. The zero-order valence-corrected chi connectivity index (χ0v) is 22.7. The van der Waals surface area contributed by atoms with Crippen molar-refractivity contribution in [3.8, 4) is 0 Å². The van der Waals surface area contributed by atoms with Crippen LogP contribution in [0, 0.1) is 11.8 Å². The van der Waals surface area contributed by atoms with Crippen molar-refractivity contribution < 1.29 is 34.2 Å². The minimum absolute atomic E-state index is 0.0124. The molecule has 4 atom stereocenters. The average Bonchev–Trinajstić information content (AvgIpc) is 3.26. The molecular formula is C27H39N5O7. The van der Waals surface area contributed by atoms with E-state index in [1.165, 1.54) is 0 Å². The number of hydrogen-bond donors (Lipinski definition) is 7. The van der Waals surface area contributed by atoms with E-state index < -0.39 is 60.2 Å². The Hall–Kier alpha value is -3.93. The molecule has 0 aliphatic heterocycles. The fourth-order valence-corrected chi connectivity index (χ4v) is 4.20. The molecule has 1 heterocycles. The molecule has 2 rings (SSSR count). The van der Waals surface area contributed by atoms with E-state index in [2.05, 4.69) is 20.9 Å². The first-order valence-corrected chi connectivity index (χ1v) is 13.0. The van der Waals surface area contributed by atoms with E-state index in [4.69, 9.17) is 10.8 Å². The number of aromatic nitrogens is 1. The normalized spacial score (nSPS) is 14.4. The number of rotatable bonds is 15. The molecule has 12 nitrogen and oxygen atoms in total.